The lowest BCUT2D eigenvalue weighted by atomic mass is 9.77. The number of hydrogen-bond donors (Lipinski definition) is 3. The van der Waals surface area contributed by atoms with E-state index in [4.69, 9.17) is 0 Å². The molecule has 1 aliphatic heterocycles. The highest BCUT2D eigenvalue weighted by molar-refractivity contribution is 5.90. The molecule has 0 aliphatic carbocycles. The maximum atomic E-state index is 11.8. The molecule has 1 aromatic rings. The molecule has 0 saturated carbocycles. The number of carbonyl (C=O) groups is 1. The van der Waals surface area contributed by atoms with Crippen molar-refractivity contribution in [2.45, 2.75) is 39.7 Å². The Bertz CT molecular complexity index is 426. The third-order valence-electron chi connectivity index (χ3n) is 3.60. The van der Waals surface area contributed by atoms with E-state index < -0.39 is 0 Å². The Morgan fingerprint density at radius 2 is 2.33 bits per heavy atom. The van der Waals surface area contributed by atoms with Gasteiger partial charge in [0, 0.05) is 12.6 Å². The molecule has 1 atom stereocenters. The van der Waals surface area contributed by atoms with Crippen LogP contribution in [0.5, 0.6) is 0 Å². The van der Waals surface area contributed by atoms with Crippen LogP contribution in [0.2, 0.25) is 0 Å². The maximum absolute atomic E-state index is 11.8. The Morgan fingerprint density at radius 1 is 1.56 bits per heavy atom. The first-order valence-corrected chi connectivity index (χ1v) is 6.39. The second kappa shape index (κ2) is 5.06. The third-order valence-corrected chi connectivity index (χ3v) is 3.60. The summed E-state index contributed by atoms with van der Waals surface area (Å²) >= 11 is 0. The van der Waals surface area contributed by atoms with Gasteiger partial charge in [-0.2, -0.15) is 0 Å². The first-order valence-electron chi connectivity index (χ1n) is 6.39. The fourth-order valence-electron chi connectivity index (χ4n) is 2.34. The van der Waals surface area contributed by atoms with Crippen molar-refractivity contribution >= 4 is 5.91 Å². The van der Waals surface area contributed by atoms with E-state index in [-0.39, 0.29) is 17.1 Å². The number of piperidine rings is 1. The van der Waals surface area contributed by atoms with Crippen LogP contribution in [0.4, 0.5) is 0 Å². The Balaban J connectivity index is 1.89. The average Bonchev–Trinajstić information content (AvgIpc) is 2.73. The van der Waals surface area contributed by atoms with E-state index in [1.54, 1.807) is 6.92 Å². The van der Waals surface area contributed by atoms with Crippen LogP contribution in [-0.2, 0) is 0 Å². The molecule has 1 aliphatic rings. The Hall–Kier alpha value is -1.43. The maximum Gasteiger partial charge on any atom is 0.291 e. The minimum Gasteiger partial charge on any atom is -0.348 e. The number of amides is 1. The number of H-pyrrole nitrogens is 1. The van der Waals surface area contributed by atoms with Crippen LogP contribution >= 0.6 is 0 Å². The molecular formula is C12H21N5O. The van der Waals surface area contributed by atoms with E-state index in [1.807, 2.05) is 0 Å². The van der Waals surface area contributed by atoms with Gasteiger partial charge in [0.25, 0.3) is 5.91 Å². The van der Waals surface area contributed by atoms with Crippen LogP contribution in [0.3, 0.4) is 0 Å². The van der Waals surface area contributed by atoms with E-state index in [0.717, 1.165) is 6.54 Å². The van der Waals surface area contributed by atoms with Gasteiger partial charge < -0.3 is 10.6 Å². The summed E-state index contributed by atoms with van der Waals surface area (Å²) in [6, 6.07) is 0.301. The monoisotopic (exact) mass is 251 g/mol. The first-order chi connectivity index (χ1) is 8.49. The lowest BCUT2D eigenvalue weighted by Gasteiger charge is -2.39. The summed E-state index contributed by atoms with van der Waals surface area (Å²) in [5.74, 6) is 0.639. The summed E-state index contributed by atoms with van der Waals surface area (Å²) in [5, 5.41) is 12.9. The summed E-state index contributed by atoms with van der Waals surface area (Å²) in [6.07, 6.45) is 2.37. The predicted octanol–water partition coefficient (Wildman–Crippen LogP) is 0.621. The topological polar surface area (TPSA) is 82.7 Å². The molecule has 1 fully saturated rings. The van der Waals surface area contributed by atoms with Gasteiger partial charge in [-0.15, -0.1) is 5.10 Å². The number of rotatable bonds is 3. The van der Waals surface area contributed by atoms with Gasteiger partial charge in [0.15, 0.2) is 0 Å². The summed E-state index contributed by atoms with van der Waals surface area (Å²) in [4.78, 5) is 15.8. The lowest BCUT2D eigenvalue weighted by molar-refractivity contribution is 0.0919. The standard InChI is InChI=1S/C12H21N5O/c1-8-15-10(17-16-8)11(18)14-7-9-12(2,3)5-4-6-13-9/h9,13H,4-7H2,1-3H3,(H,14,18)(H,15,16,17). The molecule has 0 radical (unpaired) electrons. The Morgan fingerprint density at radius 3 is 2.94 bits per heavy atom. The molecule has 2 heterocycles. The van der Waals surface area contributed by atoms with Crippen LogP contribution in [0, 0.1) is 12.3 Å². The molecule has 0 spiro atoms. The molecule has 18 heavy (non-hydrogen) atoms. The Kier molecular flexibility index (Phi) is 3.65. The Labute approximate surface area is 107 Å². The third kappa shape index (κ3) is 2.87. The van der Waals surface area contributed by atoms with Gasteiger partial charge in [0.05, 0.1) is 0 Å². The quantitative estimate of drug-likeness (QED) is 0.735. The van der Waals surface area contributed by atoms with Crippen LogP contribution in [0.25, 0.3) is 0 Å². The minimum atomic E-state index is -0.220. The summed E-state index contributed by atoms with van der Waals surface area (Å²) in [7, 11) is 0. The van der Waals surface area contributed by atoms with Gasteiger partial charge in [-0.05, 0) is 31.7 Å². The highest BCUT2D eigenvalue weighted by Gasteiger charge is 2.32. The second-order valence-corrected chi connectivity index (χ2v) is 5.55. The van der Waals surface area contributed by atoms with Gasteiger partial charge in [-0.1, -0.05) is 13.8 Å². The number of aromatic amines is 1. The molecular weight excluding hydrogens is 230 g/mol. The van der Waals surface area contributed by atoms with Gasteiger partial charge in [-0.25, -0.2) is 4.98 Å². The molecule has 6 heteroatoms. The molecule has 1 aromatic heterocycles. The summed E-state index contributed by atoms with van der Waals surface area (Å²) in [6.45, 7) is 7.86. The minimum absolute atomic E-state index is 0.209. The van der Waals surface area contributed by atoms with Crippen LogP contribution in [0.15, 0.2) is 0 Å². The van der Waals surface area contributed by atoms with Crippen LogP contribution in [-0.4, -0.2) is 40.2 Å². The van der Waals surface area contributed by atoms with E-state index >= 15 is 0 Å². The SMILES string of the molecule is Cc1nc(C(=O)NCC2NCCCC2(C)C)n[nH]1. The van der Waals surface area contributed by atoms with Crippen molar-refractivity contribution in [3.8, 4) is 0 Å². The zero-order valence-electron chi connectivity index (χ0n) is 11.2. The van der Waals surface area contributed by atoms with E-state index in [2.05, 4.69) is 39.7 Å². The highest BCUT2D eigenvalue weighted by atomic mass is 16.2. The molecule has 1 unspecified atom stereocenters. The molecule has 2 rings (SSSR count). The van der Waals surface area contributed by atoms with Crippen LogP contribution in [0.1, 0.15) is 43.1 Å². The van der Waals surface area contributed by atoms with Gasteiger partial charge in [0.1, 0.15) is 5.82 Å². The summed E-state index contributed by atoms with van der Waals surface area (Å²) < 4.78 is 0. The largest absolute Gasteiger partial charge is 0.348 e. The molecule has 6 nitrogen and oxygen atoms in total. The van der Waals surface area contributed by atoms with E-state index in [0.29, 0.717) is 18.4 Å². The van der Waals surface area contributed by atoms with Crippen molar-refractivity contribution in [3.63, 3.8) is 0 Å². The highest BCUT2D eigenvalue weighted by Crippen LogP contribution is 2.29. The predicted molar refractivity (Wildman–Crippen MR) is 68.3 cm³/mol. The molecule has 0 aromatic carbocycles. The van der Waals surface area contributed by atoms with E-state index in [9.17, 15) is 4.79 Å². The van der Waals surface area contributed by atoms with E-state index in [1.165, 1.54) is 12.8 Å². The fourth-order valence-corrected chi connectivity index (χ4v) is 2.34. The number of nitrogens with zero attached hydrogens (tertiary/aromatic N) is 2. The van der Waals surface area contributed by atoms with Crippen molar-refractivity contribution in [3.05, 3.63) is 11.6 Å². The first kappa shape index (κ1) is 13.0. The summed E-state index contributed by atoms with van der Waals surface area (Å²) in [5.41, 5.74) is 0.209. The molecule has 1 saturated heterocycles. The number of aryl methyl sites for hydroxylation is 1. The molecule has 0 bridgehead atoms. The van der Waals surface area contributed by atoms with Crippen molar-refractivity contribution < 1.29 is 4.79 Å². The molecule has 3 N–H and O–H groups in total. The molecule has 1 amide bonds. The van der Waals surface area contributed by atoms with Crippen molar-refractivity contribution in [2.75, 3.05) is 13.1 Å². The van der Waals surface area contributed by atoms with Gasteiger partial charge >= 0.3 is 0 Å². The zero-order valence-corrected chi connectivity index (χ0v) is 11.2. The normalized spacial score (nSPS) is 22.7. The lowest BCUT2D eigenvalue weighted by Crippen LogP contribution is -2.52. The molecule has 100 valence electrons. The second-order valence-electron chi connectivity index (χ2n) is 5.55. The van der Waals surface area contributed by atoms with Crippen molar-refractivity contribution in [1.82, 2.24) is 25.8 Å². The van der Waals surface area contributed by atoms with Crippen molar-refractivity contribution in [2.24, 2.45) is 5.41 Å². The average molecular weight is 251 g/mol. The van der Waals surface area contributed by atoms with Gasteiger partial charge in [-0.3, -0.25) is 9.89 Å². The van der Waals surface area contributed by atoms with Gasteiger partial charge in [0.2, 0.25) is 5.82 Å². The van der Waals surface area contributed by atoms with Crippen LogP contribution < -0.4 is 10.6 Å². The zero-order chi connectivity index (χ0) is 13.2. The number of carbonyl (C=O) groups excluding carboxylic acids is 1. The smallest absolute Gasteiger partial charge is 0.291 e. The number of nitrogens with one attached hydrogen (secondary N) is 3. The number of hydrogen-bond acceptors (Lipinski definition) is 4. The number of aromatic nitrogens is 3. The fraction of sp³-hybridized carbons (Fsp3) is 0.750. The van der Waals surface area contributed by atoms with Crippen molar-refractivity contribution in [1.29, 1.82) is 0 Å².